The third-order valence-electron chi connectivity index (χ3n) is 2.98. The summed E-state index contributed by atoms with van der Waals surface area (Å²) in [4.78, 5) is 0. The minimum Gasteiger partial charge on any atom is -0.345 e. The summed E-state index contributed by atoms with van der Waals surface area (Å²) in [7, 11) is 0. The topological polar surface area (TPSA) is 42.2 Å². The third-order valence-corrected chi connectivity index (χ3v) is 2.98. The van der Waals surface area contributed by atoms with Crippen molar-refractivity contribution in [3.05, 3.63) is 48.6 Å². The van der Waals surface area contributed by atoms with Crippen LogP contribution in [0.15, 0.2) is 43.0 Å². The van der Waals surface area contributed by atoms with E-state index in [1.54, 1.807) is 0 Å². The molecule has 0 saturated carbocycles. The number of hydrogen-bond acceptors (Lipinski definition) is 3. The predicted molar refractivity (Wildman–Crippen MR) is 68.6 cm³/mol. The molecule has 0 unspecified atom stereocenters. The standard InChI is InChI=1S/C15H17NO2/c1-2-6-13-11-14(9-10-16)18-15(17-13)12-7-4-3-5-8-12/h2-5,7-8,13-15H,1,6,9,11H2/t13-,14+,15-/m0/s1. The minimum atomic E-state index is -0.372. The highest BCUT2D eigenvalue weighted by Crippen LogP contribution is 2.32. The van der Waals surface area contributed by atoms with Crippen LogP contribution in [0.3, 0.4) is 0 Å². The molecule has 3 heteroatoms. The van der Waals surface area contributed by atoms with Gasteiger partial charge in [0.05, 0.1) is 24.7 Å². The van der Waals surface area contributed by atoms with E-state index >= 15 is 0 Å². The molecule has 0 aliphatic carbocycles. The first-order valence-corrected chi connectivity index (χ1v) is 6.17. The molecule has 1 saturated heterocycles. The van der Waals surface area contributed by atoms with Crippen molar-refractivity contribution in [3.8, 4) is 6.07 Å². The van der Waals surface area contributed by atoms with Crippen LogP contribution in [0.5, 0.6) is 0 Å². The summed E-state index contributed by atoms with van der Waals surface area (Å²) in [6, 6.07) is 12.0. The van der Waals surface area contributed by atoms with Crippen LogP contribution in [0.4, 0.5) is 0 Å². The Kier molecular flexibility index (Phi) is 4.52. The first-order valence-electron chi connectivity index (χ1n) is 6.17. The molecule has 0 bridgehead atoms. The van der Waals surface area contributed by atoms with E-state index in [4.69, 9.17) is 14.7 Å². The SMILES string of the molecule is C=CC[C@H]1C[C@@H](CC#N)O[C@@H](c2ccccc2)O1. The Morgan fingerprint density at radius 1 is 1.28 bits per heavy atom. The van der Waals surface area contributed by atoms with Gasteiger partial charge in [-0.05, 0) is 6.42 Å². The second kappa shape index (κ2) is 6.34. The second-order valence-corrected chi connectivity index (χ2v) is 4.38. The van der Waals surface area contributed by atoms with Gasteiger partial charge in [-0.1, -0.05) is 36.4 Å². The lowest BCUT2D eigenvalue weighted by Crippen LogP contribution is -2.33. The zero-order valence-corrected chi connectivity index (χ0v) is 10.3. The van der Waals surface area contributed by atoms with Crippen LogP contribution in [-0.4, -0.2) is 12.2 Å². The van der Waals surface area contributed by atoms with Gasteiger partial charge in [-0.15, -0.1) is 6.58 Å². The molecule has 1 heterocycles. The molecule has 18 heavy (non-hydrogen) atoms. The Balaban J connectivity index is 2.10. The van der Waals surface area contributed by atoms with E-state index in [1.807, 2.05) is 36.4 Å². The highest BCUT2D eigenvalue weighted by Gasteiger charge is 2.30. The van der Waals surface area contributed by atoms with Gasteiger partial charge in [0, 0.05) is 12.0 Å². The Morgan fingerprint density at radius 2 is 2.00 bits per heavy atom. The van der Waals surface area contributed by atoms with E-state index in [2.05, 4.69) is 12.6 Å². The summed E-state index contributed by atoms with van der Waals surface area (Å²) < 4.78 is 11.7. The van der Waals surface area contributed by atoms with Crippen molar-refractivity contribution in [3.63, 3.8) is 0 Å². The van der Waals surface area contributed by atoms with Gasteiger partial charge in [0.25, 0.3) is 0 Å². The number of rotatable bonds is 4. The van der Waals surface area contributed by atoms with Gasteiger partial charge in [0.15, 0.2) is 6.29 Å². The lowest BCUT2D eigenvalue weighted by atomic mass is 10.0. The van der Waals surface area contributed by atoms with Crippen molar-refractivity contribution in [2.45, 2.75) is 37.8 Å². The monoisotopic (exact) mass is 243 g/mol. The molecule has 3 nitrogen and oxygen atoms in total. The molecular formula is C15H17NO2. The fourth-order valence-corrected chi connectivity index (χ4v) is 2.12. The molecule has 0 amide bonds. The van der Waals surface area contributed by atoms with Crippen LogP contribution in [-0.2, 0) is 9.47 Å². The maximum absolute atomic E-state index is 8.80. The van der Waals surface area contributed by atoms with Gasteiger partial charge in [-0.2, -0.15) is 5.26 Å². The smallest absolute Gasteiger partial charge is 0.184 e. The van der Waals surface area contributed by atoms with E-state index in [1.165, 1.54) is 0 Å². The van der Waals surface area contributed by atoms with Gasteiger partial charge in [-0.25, -0.2) is 0 Å². The fraction of sp³-hybridized carbons (Fsp3) is 0.400. The van der Waals surface area contributed by atoms with Gasteiger partial charge in [0.2, 0.25) is 0 Å². The number of hydrogen-bond donors (Lipinski definition) is 0. The second-order valence-electron chi connectivity index (χ2n) is 4.38. The maximum Gasteiger partial charge on any atom is 0.184 e. The first kappa shape index (κ1) is 12.8. The van der Waals surface area contributed by atoms with Crippen LogP contribution in [0, 0.1) is 11.3 Å². The van der Waals surface area contributed by atoms with Crippen LogP contribution in [0.2, 0.25) is 0 Å². The Bertz CT molecular complexity index is 424. The summed E-state index contributed by atoms with van der Waals surface area (Å²) in [6.07, 6.45) is 3.45. The van der Waals surface area contributed by atoms with Crippen molar-refractivity contribution < 1.29 is 9.47 Å². The molecule has 1 aliphatic rings. The predicted octanol–water partition coefficient (Wildman–Crippen LogP) is 3.35. The van der Waals surface area contributed by atoms with Gasteiger partial charge < -0.3 is 9.47 Å². The van der Waals surface area contributed by atoms with Crippen molar-refractivity contribution in [2.75, 3.05) is 0 Å². The minimum absolute atomic E-state index is 0.0566. The summed E-state index contributed by atoms with van der Waals surface area (Å²) in [5.41, 5.74) is 0.995. The summed E-state index contributed by atoms with van der Waals surface area (Å²) in [5.74, 6) is 0. The van der Waals surface area contributed by atoms with Crippen LogP contribution >= 0.6 is 0 Å². The lowest BCUT2D eigenvalue weighted by Gasteiger charge is -2.34. The fourth-order valence-electron chi connectivity index (χ4n) is 2.12. The highest BCUT2D eigenvalue weighted by atomic mass is 16.7. The van der Waals surface area contributed by atoms with E-state index in [9.17, 15) is 0 Å². The quantitative estimate of drug-likeness (QED) is 0.761. The summed E-state index contributed by atoms with van der Waals surface area (Å²) >= 11 is 0. The zero-order valence-electron chi connectivity index (χ0n) is 10.3. The molecule has 1 fully saturated rings. The van der Waals surface area contributed by atoms with Crippen LogP contribution < -0.4 is 0 Å². The van der Waals surface area contributed by atoms with E-state index in [-0.39, 0.29) is 18.5 Å². The van der Waals surface area contributed by atoms with Crippen LogP contribution in [0.25, 0.3) is 0 Å². The number of ether oxygens (including phenoxy) is 2. The lowest BCUT2D eigenvalue weighted by molar-refractivity contribution is -0.245. The number of benzene rings is 1. The van der Waals surface area contributed by atoms with Crippen molar-refractivity contribution in [2.24, 2.45) is 0 Å². The largest absolute Gasteiger partial charge is 0.345 e. The average Bonchev–Trinajstić information content (AvgIpc) is 2.40. The molecule has 94 valence electrons. The molecule has 2 rings (SSSR count). The molecule has 1 aromatic rings. The normalized spacial score (nSPS) is 27.4. The zero-order chi connectivity index (χ0) is 12.8. The molecule has 3 atom stereocenters. The van der Waals surface area contributed by atoms with Crippen LogP contribution in [0.1, 0.15) is 31.1 Å². The number of nitriles is 1. The molecule has 0 radical (unpaired) electrons. The van der Waals surface area contributed by atoms with Gasteiger partial charge >= 0.3 is 0 Å². The molecule has 1 aromatic carbocycles. The van der Waals surface area contributed by atoms with Gasteiger partial charge in [-0.3, -0.25) is 0 Å². The molecular weight excluding hydrogens is 226 g/mol. The first-order chi connectivity index (χ1) is 8.83. The Morgan fingerprint density at radius 3 is 2.67 bits per heavy atom. The Labute approximate surface area is 108 Å². The summed E-state index contributed by atoms with van der Waals surface area (Å²) in [6.45, 7) is 3.74. The molecule has 0 spiro atoms. The molecule has 0 N–H and O–H groups in total. The van der Waals surface area contributed by atoms with Crippen molar-refractivity contribution in [1.29, 1.82) is 5.26 Å². The van der Waals surface area contributed by atoms with E-state index < -0.39 is 0 Å². The highest BCUT2D eigenvalue weighted by molar-refractivity contribution is 5.16. The molecule has 0 aromatic heterocycles. The Hall–Kier alpha value is -1.63. The van der Waals surface area contributed by atoms with E-state index in [0.29, 0.717) is 6.42 Å². The van der Waals surface area contributed by atoms with Crippen molar-refractivity contribution in [1.82, 2.24) is 0 Å². The van der Waals surface area contributed by atoms with Crippen molar-refractivity contribution >= 4 is 0 Å². The third kappa shape index (κ3) is 3.19. The molecule has 1 aliphatic heterocycles. The number of nitrogens with zero attached hydrogens (tertiary/aromatic N) is 1. The maximum atomic E-state index is 8.80. The summed E-state index contributed by atoms with van der Waals surface area (Å²) in [5, 5.41) is 8.80. The van der Waals surface area contributed by atoms with E-state index in [0.717, 1.165) is 18.4 Å². The van der Waals surface area contributed by atoms with Gasteiger partial charge in [0.1, 0.15) is 0 Å². The average molecular weight is 243 g/mol.